The van der Waals surface area contributed by atoms with Gasteiger partial charge in [0.25, 0.3) is 0 Å². The van der Waals surface area contributed by atoms with E-state index in [1.165, 1.54) is 11.4 Å². The highest BCUT2D eigenvalue weighted by Gasteiger charge is 2.44. The zero-order valence-corrected chi connectivity index (χ0v) is 20.5. The first kappa shape index (κ1) is 23.3. The van der Waals surface area contributed by atoms with Gasteiger partial charge in [-0.3, -0.25) is 14.6 Å². The highest BCUT2D eigenvalue weighted by atomic mass is 16.3. The van der Waals surface area contributed by atoms with Crippen molar-refractivity contribution in [2.45, 2.75) is 50.6 Å². The van der Waals surface area contributed by atoms with Gasteiger partial charge in [0.15, 0.2) is 11.4 Å². The van der Waals surface area contributed by atoms with Crippen LogP contribution in [0.15, 0.2) is 54.9 Å². The molecule has 4 aromatic rings. The van der Waals surface area contributed by atoms with Gasteiger partial charge in [-0.25, -0.2) is 4.98 Å². The SMILES string of the molecule is CC(=O)c1c(C2C[C@H]3CC[C@@H](C2)N3C(=O)CO)nc2c(-c3ccc(-c4ccccc4)nc3)cnn2c1N. The number of pyridine rings is 1. The average molecular weight is 497 g/mol. The zero-order valence-electron chi connectivity index (χ0n) is 20.5. The van der Waals surface area contributed by atoms with Crippen molar-refractivity contribution in [1.82, 2.24) is 24.5 Å². The second kappa shape index (κ2) is 9.08. The Bertz CT molecular complexity index is 1480. The molecule has 0 aliphatic carbocycles. The topological polar surface area (TPSA) is 127 Å². The van der Waals surface area contributed by atoms with Crippen molar-refractivity contribution in [2.75, 3.05) is 12.3 Å². The number of nitrogen functional groups attached to an aromatic ring is 1. The first-order valence-electron chi connectivity index (χ1n) is 12.6. The quantitative estimate of drug-likeness (QED) is 0.405. The normalized spacial score (nSPS) is 20.9. The number of aliphatic hydroxyl groups is 1. The Morgan fingerprint density at radius 3 is 2.38 bits per heavy atom. The van der Waals surface area contributed by atoms with Crippen LogP contribution in [0.1, 0.15) is 54.6 Å². The summed E-state index contributed by atoms with van der Waals surface area (Å²) in [5.41, 5.74) is 11.7. The van der Waals surface area contributed by atoms with Crippen LogP contribution in [-0.2, 0) is 4.79 Å². The molecule has 9 heteroatoms. The Hall–Kier alpha value is -4.11. The van der Waals surface area contributed by atoms with E-state index in [1.54, 1.807) is 12.4 Å². The summed E-state index contributed by atoms with van der Waals surface area (Å²) in [6.45, 7) is 1.02. The zero-order chi connectivity index (χ0) is 25.7. The van der Waals surface area contributed by atoms with Crippen LogP contribution in [0, 0.1) is 0 Å². The maximum Gasteiger partial charge on any atom is 0.248 e. The molecule has 2 saturated heterocycles. The van der Waals surface area contributed by atoms with Gasteiger partial charge in [0.05, 0.1) is 23.1 Å². The number of hydrogen-bond donors (Lipinski definition) is 2. The largest absolute Gasteiger partial charge is 0.387 e. The van der Waals surface area contributed by atoms with E-state index in [2.05, 4.69) is 10.1 Å². The van der Waals surface area contributed by atoms with Gasteiger partial charge in [-0.2, -0.15) is 9.61 Å². The molecule has 1 amide bonds. The van der Waals surface area contributed by atoms with Crippen molar-refractivity contribution in [1.29, 1.82) is 0 Å². The molecule has 37 heavy (non-hydrogen) atoms. The minimum atomic E-state index is -0.482. The molecule has 3 N–H and O–H groups in total. The molecular formula is C28H28N6O3. The van der Waals surface area contributed by atoms with Crippen LogP contribution in [-0.4, -0.2) is 60.0 Å². The number of rotatable bonds is 5. The van der Waals surface area contributed by atoms with E-state index in [9.17, 15) is 14.7 Å². The maximum atomic E-state index is 12.8. The molecule has 2 aliphatic rings. The number of carbonyl (C=O) groups is 2. The number of Topliss-reactive ketones (excluding diaryl/α,β-unsaturated/α-hetero) is 1. The number of aromatic nitrogens is 4. The molecule has 5 heterocycles. The number of carbonyl (C=O) groups excluding carboxylic acids is 2. The summed E-state index contributed by atoms with van der Waals surface area (Å²) in [4.78, 5) is 36.6. The van der Waals surface area contributed by atoms with Crippen LogP contribution in [0.2, 0.25) is 0 Å². The smallest absolute Gasteiger partial charge is 0.248 e. The molecule has 3 atom stereocenters. The number of hydrogen-bond acceptors (Lipinski definition) is 7. The Kier molecular flexibility index (Phi) is 5.72. The van der Waals surface area contributed by atoms with E-state index in [0.29, 0.717) is 29.7 Å². The lowest BCUT2D eigenvalue weighted by molar-refractivity contribution is -0.138. The summed E-state index contributed by atoms with van der Waals surface area (Å²) in [6, 6.07) is 14.0. The van der Waals surface area contributed by atoms with E-state index in [4.69, 9.17) is 10.7 Å². The number of aliphatic hydroxyl groups excluding tert-OH is 1. The molecule has 2 fully saturated rings. The minimum absolute atomic E-state index is 0.0206. The third-order valence-corrected chi connectivity index (χ3v) is 7.75. The highest BCUT2D eigenvalue weighted by molar-refractivity contribution is 6.00. The summed E-state index contributed by atoms with van der Waals surface area (Å²) >= 11 is 0. The molecule has 6 rings (SSSR count). The standard InChI is InChI=1S/C28H28N6O3/c1-16(36)25-26(19-11-20-8-9-21(12-19)33(20)24(37)15-35)32-28-22(14-31-34(28)27(25)29)18-7-10-23(30-13-18)17-5-3-2-4-6-17/h2-7,10,13-14,19-21,35H,8-9,11-12,15,29H2,1H3/t19?,20-,21+. The average Bonchev–Trinajstić information content (AvgIpc) is 3.46. The second-order valence-corrected chi connectivity index (χ2v) is 9.92. The number of ketones is 1. The van der Waals surface area contributed by atoms with Crippen LogP contribution in [0.3, 0.4) is 0 Å². The second-order valence-electron chi connectivity index (χ2n) is 9.92. The predicted octanol–water partition coefficient (Wildman–Crippen LogP) is 3.47. The molecule has 0 saturated carbocycles. The van der Waals surface area contributed by atoms with Crippen molar-refractivity contribution in [3.05, 3.63) is 66.1 Å². The molecule has 3 aromatic heterocycles. The van der Waals surface area contributed by atoms with E-state index < -0.39 is 6.61 Å². The van der Waals surface area contributed by atoms with E-state index in [1.807, 2.05) is 47.4 Å². The van der Waals surface area contributed by atoms with Gasteiger partial charge >= 0.3 is 0 Å². The Labute approximate surface area is 214 Å². The van der Waals surface area contributed by atoms with Gasteiger partial charge in [0, 0.05) is 40.9 Å². The highest BCUT2D eigenvalue weighted by Crippen LogP contribution is 2.44. The lowest BCUT2D eigenvalue weighted by atomic mass is 9.85. The van der Waals surface area contributed by atoms with Crippen LogP contribution >= 0.6 is 0 Å². The van der Waals surface area contributed by atoms with Gasteiger partial charge in [-0.15, -0.1) is 0 Å². The number of benzene rings is 1. The summed E-state index contributed by atoms with van der Waals surface area (Å²) < 4.78 is 1.53. The molecule has 9 nitrogen and oxygen atoms in total. The number of nitrogens with zero attached hydrogens (tertiary/aromatic N) is 5. The van der Waals surface area contributed by atoms with Crippen molar-refractivity contribution < 1.29 is 14.7 Å². The van der Waals surface area contributed by atoms with Crippen molar-refractivity contribution in [2.24, 2.45) is 0 Å². The lowest BCUT2D eigenvalue weighted by Crippen LogP contribution is -2.47. The first-order chi connectivity index (χ1) is 18.0. The van der Waals surface area contributed by atoms with E-state index >= 15 is 0 Å². The monoisotopic (exact) mass is 496 g/mol. The summed E-state index contributed by atoms with van der Waals surface area (Å²) in [6.07, 6.45) is 6.64. The van der Waals surface area contributed by atoms with Crippen LogP contribution < -0.4 is 5.73 Å². The molecule has 2 bridgehead atoms. The maximum absolute atomic E-state index is 12.8. The van der Waals surface area contributed by atoms with Crippen molar-refractivity contribution >= 4 is 23.2 Å². The summed E-state index contributed by atoms with van der Waals surface area (Å²) in [5, 5.41) is 13.9. The molecule has 0 radical (unpaired) electrons. The van der Waals surface area contributed by atoms with Gasteiger partial charge in [0.2, 0.25) is 5.91 Å². The number of fused-ring (bicyclic) bond motifs is 3. The fourth-order valence-corrected chi connectivity index (χ4v) is 6.11. The molecule has 0 spiro atoms. The van der Waals surface area contributed by atoms with Gasteiger partial charge in [0.1, 0.15) is 12.4 Å². The molecule has 1 unspecified atom stereocenters. The number of nitrogens with two attached hydrogens (primary N) is 1. The third-order valence-electron chi connectivity index (χ3n) is 7.75. The fraction of sp³-hybridized carbons (Fsp3) is 0.321. The predicted molar refractivity (Wildman–Crippen MR) is 139 cm³/mol. The van der Waals surface area contributed by atoms with Gasteiger partial charge in [-0.05, 0) is 38.7 Å². The Morgan fingerprint density at radius 1 is 1.03 bits per heavy atom. The molecule has 1 aromatic carbocycles. The van der Waals surface area contributed by atoms with Crippen LogP contribution in [0.4, 0.5) is 5.82 Å². The van der Waals surface area contributed by atoms with Gasteiger partial charge < -0.3 is 15.7 Å². The van der Waals surface area contributed by atoms with Crippen LogP contribution in [0.25, 0.3) is 28.0 Å². The molecule has 2 aliphatic heterocycles. The lowest BCUT2D eigenvalue weighted by Gasteiger charge is -2.39. The van der Waals surface area contributed by atoms with E-state index in [0.717, 1.165) is 35.2 Å². The minimum Gasteiger partial charge on any atom is -0.387 e. The number of amides is 1. The van der Waals surface area contributed by atoms with Crippen molar-refractivity contribution in [3.63, 3.8) is 0 Å². The summed E-state index contributed by atoms with van der Waals surface area (Å²) in [7, 11) is 0. The van der Waals surface area contributed by atoms with Gasteiger partial charge in [-0.1, -0.05) is 36.4 Å². The molecular weight excluding hydrogens is 468 g/mol. The van der Waals surface area contributed by atoms with Crippen molar-refractivity contribution in [3.8, 4) is 22.4 Å². The van der Waals surface area contributed by atoms with Crippen LogP contribution in [0.5, 0.6) is 0 Å². The number of anilines is 1. The molecule has 188 valence electrons. The number of piperidine rings is 1. The first-order valence-corrected chi connectivity index (χ1v) is 12.6. The van der Waals surface area contributed by atoms with E-state index in [-0.39, 0.29) is 35.5 Å². The summed E-state index contributed by atoms with van der Waals surface area (Å²) in [5.74, 6) is -0.138. The fourth-order valence-electron chi connectivity index (χ4n) is 6.11. The Balaban J connectivity index is 1.41. The Morgan fingerprint density at radius 2 is 1.76 bits per heavy atom. The third kappa shape index (κ3) is 3.86.